The number of nitrogens with zero attached hydrogens (tertiary/aromatic N) is 1. The zero-order valence-electron chi connectivity index (χ0n) is 12.4. The molecule has 0 bridgehead atoms. The van der Waals surface area contributed by atoms with E-state index in [0.29, 0.717) is 0 Å². The highest BCUT2D eigenvalue weighted by molar-refractivity contribution is 5.95. The molecule has 22 heavy (non-hydrogen) atoms. The molecule has 1 aromatic carbocycles. The van der Waals surface area contributed by atoms with Crippen molar-refractivity contribution in [2.45, 2.75) is 20.3 Å². The van der Waals surface area contributed by atoms with E-state index in [1.807, 2.05) is 26.0 Å². The number of anilines is 1. The van der Waals surface area contributed by atoms with Gasteiger partial charge in [-0.3, -0.25) is 4.79 Å². The number of amides is 1. The van der Waals surface area contributed by atoms with Gasteiger partial charge in [0.2, 0.25) is 5.91 Å². The predicted molar refractivity (Wildman–Crippen MR) is 83.9 cm³/mol. The minimum Gasteiger partial charge on any atom is -0.504 e. The third kappa shape index (κ3) is 2.65. The summed E-state index contributed by atoms with van der Waals surface area (Å²) in [6.45, 7) is 4.05. The normalized spacial score (nSPS) is 10.8. The number of aromatic hydroxyl groups is 1. The molecule has 0 saturated carbocycles. The molecule has 1 amide bonds. The van der Waals surface area contributed by atoms with Gasteiger partial charge in [-0.15, -0.1) is 0 Å². The summed E-state index contributed by atoms with van der Waals surface area (Å²) in [5, 5.41) is 13.2. The number of carbonyl (C=O) groups excluding carboxylic acids is 1. The molecule has 0 fully saturated rings. The van der Waals surface area contributed by atoms with Crippen LogP contribution in [0.3, 0.4) is 0 Å². The second-order valence-electron chi connectivity index (χ2n) is 5.29. The van der Waals surface area contributed by atoms with Crippen molar-refractivity contribution >= 4 is 22.7 Å². The first-order valence-electron chi connectivity index (χ1n) is 6.96. The van der Waals surface area contributed by atoms with Gasteiger partial charge in [-0.05, 0) is 49.2 Å². The lowest BCUT2D eigenvalue weighted by Crippen LogP contribution is -2.15. The van der Waals surface area contributed by atoms with Crippen LogP contribution in [0.2, 0.25) is 0 Å². The monoisotopic (exact) mass is 296 g/mol. The standard InChI is InChI=1S/C17H16N2O3/c1-10-6-13-12(9-22-15(13)7-11(10)2)8-16(21)19-17-14(20)4-3-5-18-17/h3-7,9,20H,8H2,1-2H3,(H,18,19,21). The van der Waals surface area contributed by atoms with E-state index in [2.05, 4.69) is 10.3 Å². The Balaban J connectivity index is 1.83. The first-order chi connectivity index (χ1) is 10.5. The molecule has 2 N–H and O–H groups in total. The fourth-order valence-corrected chi connectivity index (χ4v) is 2.32. The topological polar surface area (TPSA) is 75.4 Å². The molecule has 0 unspecified atom stereocenters. The van der Waals surface area contributed by atoms with Crippen LogP contribution in [-0.2, 0) is 11.2 Å². The van der Waals surface area contributed by atoms with Gasteiger partial charge in [0.05, 0.1) is 12.7 Å². The minimum atomic E-state index is -0.255. The number of benzene rings is 1. The van der Waals surface area contributed by atoms with Crippen LogP contribution in [0.25, 0.3) is 11.0 Å². The Hall–Kier alpha value is -2.82. The minimum absolute atomic E-state index is 0.0561. The Morgan fingerprint density at radius 2 is 2.09 bits per heavy atom. The summed E-state index contributed by atoms with van der Waals surface area (Å²) in [6.07, 6.45) is 3.27. The van der Waals surface area contributed by atoms with E-state index in [1.165, 1.54) is 12.3 Å². The van der Waals surface area contributed by atoms with Crippen molar-refractivity contribution in [1.29, 1.82) is 0 Å². The maximum absolute atomic E-state index is 12.1. The van der Waals surface area contributed by atoms with E-state index in [0.717, 1.165) is 27.7 Å². The van der Waals surface area contributed by atoms with Crippen LogP contribution in [0, 0.1) is 13.8 Å². The molecule has 5 heteroatoms. The molecular weight excluding hydrogens is 280 g/mol. The third-order valence-corrected chi connectivity index (χ3v) is 3.67. The van der Waals surface area contributed by atoms with Crippen LogP contribution in [-0.4, -0.2) is 16.0 Å². The quantitative estimate of drug-likeness (QED) is 0.777. The number of rotatable bonds is 3. The number of hydrogen-bond acceptors (Lipinski definition) is 4. The van der Waals surface area contributed by atoms with Crippen molar-refractivity contribution in [1.82, 2.24) is 4.98 Å². The van der Waals surface area contributed by atoms with Gasteiger partial charge >= 0.3 is 0 Å². The summed E-state index contributed by atoms with van der Waals surface area (Å²) >= 11 is 0. The molecule has 2 aromatic heterocycles. The van der Waals surface area contributed by atoms with Crippen LogP contribution in [0.15, 0.2) is 41.1 Å². The summed E-state index contributed by atoms with van der Waals surface area (Å²) < 4.78 is 5.51. The lowest BCUT2D eigenvalue weighted by molar-refractivity contribution is -0.115. The number of pyridine rings is 1. The van der Waals surface area contributed by atoms with Crippen LogP contribution in [0.5, 0.6) is 5.75 Å². The second kappa shape index (κ2) is 5.52. The Morgan fingerprint density at radius 1 is 1.32 bits per heavy atom. The van der Waals surface area contributed by atoms with Crippen LogP contribution in [0.1, 0.15) is 16.7 Å². The molecule has 0 atom stereocenters. The zero-order valence-corrected chi connectivity index (χ0v) is 12.4. The van der Waals surface area contributed by atoms with Crippen LogP contribution >= 0.6 is 0 Å². The number of nitrogens with one attached hydrogen (secondary N) is 1. The summed E-state index contributed by atoms with van der Waals surface area (Å²) in [5.74, 6) is -0.151. The molecule has 112 valence electrons. The van der Waals surface area contributed by atoms with Gasteiger partial charge in [-0.25, -0.2) is 4.98 Å². The highest BCUT2D eigenvalue weighted by Crippen LogP contribution is 2.25. The zero-order chi connectivity index (χ0) is 15.7. The summed E-state index contributed by atoms with van der Waals surface area (Å²) in [4.78, 5) is 16.1. The van der Waals surface area contributed by atoms with E-state index in [-0.39, 0.29) is 23.9 Å². The summed E-state index contributed by atoms with van der Waals surface area (Å²) in [5.41, 5.74) is 3.88. The van der Waals surface area contributed by atoms with Crippen molar-refractivity contribution in [3.05, 3.63) is 53.4 Å². The molecule has 0 aliphatic heterocycles. The van der Waals surface area contributed by atoms with Gasteiger partial charge < -0.3 is 14.8 Å². The molecule has 0 aliphatic rings. The van der Waals surface area contributed by atoms with Crippen molar-refractivity contribution in [3.8, 4) is 5.75 Å². The van der Waals surface area contributed by atoms with Crippen molar-refractivity contribution in [3.63, 3.8) is 0 Å². The molecule has 0 aliphatic carbocycles. The maximum atomic E-state index is 12.1. The predicted octanol–water partition coefficient (Wildman–Crippen LogP) is 3.33. The smallest absolute Gasteiger partial charge is 0.230 e. The van der Waals surface area contributed by atoms with Gasteiger partial charge in [-0.2, -0.15) is 0 Å². The average Bonchev–Trinajstić information content (AvgIpc) is 2.84. The summed E-state index contributed by atoms with van der Waals surface area (Å²) in [7, 11) is 0. The lowest BCUT2D eigenvalue weighted by Gasteiger charge is -2.05. The Bertz CT molecular complexity index is 852. The Labute approximate surface area is 127 Å². The first kappa shape index (κ1) is 14.1. The van der Waals surface area contributed by atoms with E-state index >= 15 is 0 Å². The van der Waals surface area contributed by atoms with E-state index in [4.69, 9.17) is 4.42 Å². The number of aryl methyl sites for hydroxylation is 2. The number of furan rings is 1. The molecular formula is C17H16N2O3. The largest absolute Gasteiger partial charge is 0.504 e. The van der Waals surface area contributed by atoms with E-state index < -0.39 is 0 Å². The Morgan fingerprint density at radius 3 is 2.86 bits per heavy atom. The first-order valence-corrected chi connectivity index (χ1v) is 6.96. The number of aromatic nitrogens is 1. The van der Waals surface area contributed by atoms with Gasteiger partial charge in [-0.1, -0.05) is 0 Å². The van der Waals surface area contributed by atoms with Gasteiger partial charge in [0, 0.05) is 17.1 Å². The number of hydrogen-bond donors (Lipinski definition) is 2. The third-order valence-electron chi connectivity index (χ3n) is 3.67. The second-order valence-corrected chi connectivity index (χ2v) is 5.29. The van der Waals surface area contributed by atoms with E-state index in [9.17, 15) is 9.90 Å². The fraction of sp³-hybridized carbons (Fsp3) is 0.176. The summed E-state index contributed by atoms with van der Waals surface area (Å²) in [6, 6.07) is 7.06. The molecule has 0 spiro atoms. The van der Waals surface area contributed by atoms with Gasteiger partial charge in [0.15, 0.2) is 11.6 Å². The lowest BCUT2D eigenvalue weighted by atomic mass is 10.0. The molecule has 3 rings (SSSR count). The Kier molecular flexibility index (Phi) is 3.55. The molecule has 5 nitrogen and oxygen atoms in total. The van der Waals surface area contributed by atoms with Crippen LogP contribution in [0.4, 0.5) is 5.82 Å². The van der Waals surface area contributed by atoms with E-state index in [1.54, 1.807) is 12.3 Å². The van der Waals surface area contributed by atoms with Crippen molar-refractivity contribution in [2.75, 3.05) is 5.32 Å². The van der Waals surface area contributed by atoms with Crippen LogP contribution < -0.4 is 5.32 Å². The maximum Gasteiger partial charge on any atom is 0.230 e. The number of carbonyl (C=O) groups is 1. The highest BCUT2D eigenvalue weighted by atomic mass is 16.3. The molecule has 3 aromatic rings. The van der Waals surface area contributed by atoms with Gasteiger partial charge in [0.25, 0.3) is 0 Å². The highest BCUT2D eigenvalue weighted by Gasteiger charge is 2.13. The molecule has 0 saturated heterocycles. The SMILES string of the molecule is Cc1cc2occ(CC(=O)Nc3ncccc3O)c2cc1C. The molecule has 0 radical (unpaired) electrons. The van der Waals surface area contributed by atoms with Crippen molar-refractivity contribution in [2.24, 2.45) is 0 Å². The van der Waals surface area contributed by atoms with Crippen molar-refractivity contribution < 1.29 is 14.3 Å². The number of fused-ring (bicyclic) bond motifs is 1. The van der Waals surface area contributed by atoms with Gasteiger partial charge in [0.1, 0.15) is 5.58 Å². The average molecular weight is 296 g/mol. The molecule has 2 heterocycles. The fourth-order valence-electron chi connectivity index (χ4n) is 2.32.